The standard InChI is InChI=1S/C19H28F2N4O3/c1-13(2)10-24(11-17(20)21)16(9-22)19(27)23-14-3-5-15(6-4-14)25-7-8-28-12-18(25)26/h3-6,13,16-17H,7-12,22H2,1-2H3,(H,23,27)/t16-/m1/s1. The van der Waals surface area contributed by atoms with Gasteiger partial charge in [0.1, 0.15) is 12.6 Å². The molecular weight excluding hydrogens is 370 g/mol. The molecule has 9 heteroatoms. The van der Waals surface area contributed by atoms with Gasteiger partial charge in [0, 0.05) is 31.0 Å². The van der Waals surface area contributed by atoms with Crippen LogP contribution in [-0.4, -0.2) is 68.6 Å². The Balaban J connectivity index is 2.05. The molecule has 1 aromatic rings. The third kappa shape index (κ3) is 6.22. The van der Waals surface area contributed by atoms with Gasteiger partial charge in [-0.15, -0.1) is 0 Å². The van der Waals surface area contributed by atoms with Crippen LogP contribution in [0.15, 0.2) is 24.3 Å². The summed E-state index contributed by atoms with van der Waals surface area (Å²) in [6.45, 7) is 4.56. The van der Waals surface area contributed by atoms with Crippen molar-refractivity contribution < 1.29 is 23.1 Å². The highest BCUT2D eigenvalue weighted by Crippen LogP contribution is 2.20. The van der Waals surface area contributed by atoms with Crippen LogP contribution in [0, 0.1) is 5.92 Å². The molecule has 1 heterocycles. The van der Waals surface area contributed by atoms with E-state index in [1.165, 1.54) is 4.90 Å². The molecular formula is C19H28F2N4O3. The average molecular weight is 398 g/mol. The molecule has 0 aromatic heterocycles. The fourth-order valence-corrected chi connectivity index (χ4v) is 3.14. The van der Waals surface area contributed by atoms with Crippen molar-refractivity contribution in [2.45, 2.75) is 26.3 Å². The summed E-state index contributed by atoms with van der Waals surface area (Å²) in [6, 6.07) is 5.94. The summed E-state index contributed by atoms with van der Waals surface area (Å²) >= 11 is 0. The number of carbonyl (C=O) groups excluding carboxylic acids is 2. The zero-order valence-electron chi connectivity index (χ0n) is 16.2. The molecule has 2 amide bonds. The number of anilines is 2. The minimum Gasteiger partial charge on any atom is -0.370 e. The maximum Gasteiger partial charge on any atom is 0.253 e. The molecule has 0 unspecified atom stereocenters. The number of benzene rings is 1. The van der Waals surface area contributed by atoms with E-state index in [-0.39, 0.29) is 25.0 Å². The molecule has 1 aromatic carbocycles. The van der Waals surface area contributed by atoms with Crippen LogP contribution >= 0.6 is 0 Å². The molecule has 0 radical (unpaired) electrons. The smallest absolute Gasteiger partial charge is 0.253 e. The van der Waals surface area contributed by atoms with Gasteiger partial charge in [-0.1, -0.05) is 13.8 Å². The number of carbonyl (C=O) groups is 2. The first-order valence-electron chi connectivity index (χ1n) is 9.33. The second-order valence-electron chi connectivity index (χ2n) is 7.12. The summed E-state index contributed by atoms with van der Waals surface area (Å²) in [5, 5.41) is 2.73. The molecule has 0 aliphatic carbocycles. The van der Waals surface area contributed by atoms with Gasteiger partial charge in [-0.25, -0.2) is 8.78 Å². The second kappa shape index (κ2) is 10.4. The third-order valence-corrected chi connectivity index (χ3v) is 4.37. The van der Waals surface area contributed by atoms with E-state index in [2.05, 4.69) is 5.32 Å². The number of morpholine rings is 1. The summed E-state index contributed by atoms with van der Waals surface area (Å²) in [7, 11) is 0. The van der Waals surface area contributed by atoms with E-state index in [9.17, 15) is 18.4 Å². The maximum absolute atomic E-state index is 12.9. The number of halogens is 2. The lowest BCUT2D eigenvalue weighted by Crippen LogP contribution is -2.51. The quantitative estimate of drug-likeness (QED) is 0.659. The summed E-state index contributed by atoms with van der Waals surface area (Å²) in [5.74, 6) is -0.438. The van der Waals surface area contributed by atoms with Gasteiger partial charge in [0.2, 0.25) is 5.91 Å². The average Bonchev–Trinajstić information content (AvgIpc) is 2.62. The molecule has 1 fully saturated rings. The molecule has 7 nitrogen and oxygen atoms in total. The van der Waals surface area contributed by atoms with Crippen molar-refractivity contribution in [3.8, 4) is 0 Å². The highest BCUT2D eigenvalue weighted by atomic mass is 19.3. The Morgan fingerprint density at radius 3 is 2.50 bits per heavy atom. The van der Waals surface area contributed by atoms with Crippen LogP contribution in [0.3, 0.4) is 0 Å². The molecule has 0 saturated carbocycles. The molecule has 1 aliphatic heterocycles. The van der Waals surface area contributed by atoms with Gasteiger partial charge in [-0.05, 0) is 30.2 Å². The monoisotopic (exact) mass is 398 g/mol. The molecule has 1 atom stereocenters. The van der Waals surface area contributed by atoms with Gasteiger partial charge in [0.15, 0.2) is 0 Å². The molecule has 0 bridgehead atoms. The van der Waals surface area contributed by atoms with Crippen molar-refractivity contribution in [3.05, 3.63) is 24.3 Å². The van der Waals surface area contributed by atoms with Gasteiger partial charge in [-0.3, -0.25) is 14.5 Å². The Hall–Kier alpha value is -2.10. The van der Waals surface area contributed by atoms with Gasteiger partial charge in [0.05, 0.1) is 13.2 Å². The van der Waals surface area contributed by atoms with E-state index in [1.54, 1.807) is 29.2 Å². The predicted octanol–water partition coefficient (Wildman–Crippen LogP) is 1.54. The van der Waals surface area contributed by atoms with Crippen LogP contribution in [0.25, 0.3) is 0 Å². The lowest BCUT2D eigenvalue weighted by Gasteiger charge is -2.31. The van der Waals surface area contributed by atoms with E-state index >= 15 is 0 Å². The van der Waals surface area contributed by atoms with E-state index < -0.39 is 24.9 Å². The van der Waals surface area contributed by atoms with Gasteiger partial charge in [0.25, 0.3) is 12.3 Å². The molecule has 3 N–H and O–H groups in total. The van der Waals surface area contributed by atoms with Crippen LogP contribution < -0.4 is 16.0 Å². The van der Waals surface area contributed by atoms with Crippen molar-refractivity contribution in [2.24, 2.45) is 11.7 Å². The van der Waals surface area contributed by atoms with Crippen LogP contribution in [-0.2, 0) is 14.3 Å². The fourth-order valence-electron chi connectivity index (χ4n) is 3.14. The highest BCUT2D eigenvalue weighted by molar-refractivity contribution is 5.97. The van der Waals surface area contributed by atoms with Gasteiger partial charge in [-0.2, -0.15) is 0 Å². The summed E-state index contributed by atoms with van der Waals surface area (Å²) in [5.41, 5.74) is 6.93. The number of nitrogens with zero attached hydrogens (tertiary/aromatic N) is 2. The SMILES string of the molecule is CC(C)CN(CC(F)F)[C@H](CN)C(=O)Nc1ccc(N2CCOCC2=O)cc1. The van der Waals surface area contributed by atoms with Crippen LogP contribution in [0.5, 0.6) is 0 Å². The Kier molecular flexibility index (Phi) is 8.28. The number of nitrogens with one attached hydrogen (secondary N) is 1. The van der Waals surface area contributed by atoms with Crippen LogP contribution in [0.4, 0.5) is 20.2 Å². The Labute approximate surface area is 163 Å². The number of nitrogens with two attached hydrogens (primary N) is 1. The van der Waals surface area contributed by atoms with Crippen molar-refractivity contribution in [1.82, 2.24) is 4.90 Å². The zero-order chi connectivity index (χ0) is 20.7. The number of ether oxygens (including phenoxy) is 1. The fraction of sp³-hybridized carbons (Fsp3) is 0.579. The minimum absolute atomic E-state index is 0.0481. The van der Waals surface area contributed by atoms with E-state index in [1.807, 2.05) is 13.8 Å². The maximum atomic E-state index is 12.9. The van der Waals surface area contributed by atoms with Crippen LogP contribution in [0.2, 0.25) is 0 Å². The lowest BCUT2D eigenvalue weighted by atomic mass is 10.1. The molecule has 2 rings (SSSR count). The number of rotatable bonds is 9. The van der Waals surface area contributed by atoms with E-state index in [4.69, 9.17) is 10.5 Å². The number of amides is 2. The molecule has 1 aliphatic rings. The van der Waals surface area contributed by atoms with E-state index in [0.717, 1.165) is 0 Å². The van der Waals surface area contributed by atoms with Crippen molar-refractivity contribution in [2.75, 3.05) is 49.6 Å². The molecule has 28 heavy (non-hydrogen) atoms. The van der Waals surface area contributed by atoms with Crippen molar-refractivity contribution in [1.29, 1.82) is 0 Å². The third-order valence-electron chi connectivity index (χ3n) is 4.37. The summed E-state index contributed by atoms with van der Waals surface area (Å²) in [6.07, 6.45) is -2.55. The van der Waals surface area contributed by atoms with E-state index in [0.29, 0.717) is 31.1 Å². The van der Waals surface area contributed by atoms with Gasteiger partial charge >= 0.3 is 0 Å². The zero-order valence-corrected chi connectivity index (χ0v) is 16.2. The second-order valence-corrected chi connectivity index (χ2v) is 7.12. The Morgan fingerprint density at radius 2 is 1.96 bits per heavy atom. The topological polar surface area (TPSA) is 87.9 Å². The first-order chi connectivity index (χ1) is 13.3. The summed E-state index contributed by atoms with van der Waals surface area (Å²) in [4.78, 5) is 27.6. The molecule has 156 valence electrons. The number of hydrogen-bond donors (Lipinski definition) is 2. The Bertz CT molecular complexity index is 645. The van der Waals surface area contributed by atoms with Crippen LogP contribution in [0.1, 0.15) is 13.8 Å². The first-order valence-corrected chi connectivity index (χ1v) is 9.33. The highest BCUT2D eigenvalue weighted by Gasteiger charge is 2.28. The largest absolute Gasteiger partial charge is 0.370 e. The minimum atomic E-state index is -2.55. The first kappa shape index (κ1) is 22.2. The molecule has 0 spiro atoms. The Morgan fingerprint density at radius 1 is 1.29 bits per heavy atom. The summed E-state index contributed by atoms with van der Waals surface area (Å²) < 4.78 is 30.9. The lowest BCUT2D eigenvalue weighted by molar-refractivity contribution is -0.125. The normalized spacial score (nSPS) is 16.1. The van der Waals surface area contributed by atoms with Crippen molar-refractivity contribution in [3.63, 3.8) is 0 Å². The van der Waals surface area contributed by atoms with Crippen molar-refractivity contribution >= 4 is 23.2 Å². The van der Waals surface area contributed by atoms with Gasteiger partial charge < -0.3 is 20.7 Å². The molecule has 1 saturated heterocycles. The predicted molar refractivity (Wildman–Crippen MR) is 104 cm³/mol. The number of alkyl halides is 2. The number of hydrogen-bond acceptors (Lipinski definition) is 5.